The molecule has 0 radical (unpaired) electrons. The summed E-state index contributed by atoms with van der Waals surface area (Å²) in [5, 5.41) is 3.15. The van der Waals surface area contributed by atoms with Crippen LogP contribution in [0.4, 0.5) is 17.6 Å². The van der Waals surface area contributed by atoms with Crippen LogP contribution in [-0.2, 0) is 10.9 Å². The Morgan fingerprint density at radius 2 is 2.10 bits per heavy atom. The number of likely N-dealkylation sites (N-methyl/N-ethyl adjacent to an activating group) is 1. The molecule has 1 aromatic rings. The molecule has 6 heteroatoms. The number of rotatable bonds is 4. The second kappa shape index (κ2) is 6.75. The number of hydrogen-bond acceptors (Lipinski definition) is 2. The Labute approximate surface area is 121 Å². The van der Waals surface area contributed by atoms with E-state index in [2.05, 4.69) is 5.32 Å². The van der Waals surface area contributed by atoms with Gasteiger partial charge >= 0.3 is 6.18 Å². The number of hydrogen-bond donors (Lipinski definition) is 1. The lowest BCUT2D eigenvalue weighted by molar-refractivity contribution is -0.140. The maximum atomic E-state index is 13.4. The number of nitrogens with one attached hydrogen (secondary N) is 1. The van der Waals surface area contributed by atoms with Gasteiger partial charge in [0.2, 0.25) is 0 Å². The Hall–Kier alpha value is -1.14. The lowest BCUT2D eigenvalue weighted by Gasteiger charge is -2.31. The summed E-state index contributed by atoms with van der Waals surface area (Å²) in [4.78, 5) is 0. The first-order valence-corrected chi connectivity index (χ1v) is 7.15. The van der Waals surface area contributed by atoms with Gasteiger partial charge in [-0.3, -0.25) is 0 Å². The van der Waals surface area contributed by atoms with E-state index in [9.17, 15) is 17.6 Å². The van der Waals surface area contributed by atoms with Crippen molar-refractivity contribution in [2.24, 2.45) is 0 Å². The van der Waals surface area contributed by atoms with Crippen LogP contribution in [0.2, 0.25) is 0 Å². The van der Waals surface area contributed by atoms with Gasteiger partial charge in [-0.15, -0.1) is 0 Å². The van der Waals surface area contributed by atoms with E-state index in [1.54, 1.807) is 0 Å². The monoisotopic (exact) mass is 305 g/mol. The zero-order valence-electron chi connectivity index (χ0n) is 11.8. The summed E-state index contributed by atoms with van der Waals surface area (Å²) in [6.45, 7) is 3.09. The van der Waals surface area contributed by atoms with E-state index in [4.69, 9.17) is 4.74 Å². The highest BCUT2D eigenvalue weighted by atomic mass is 19.4. The van der Waals surface area contributed by atoms with Gasteiger partial charge in [0.05, 0.1) is 17.7 Å². The minimum Gasteiger partial charge on any atom is -0.376 e. The smallest absolute Gasteiger partial charge is 0.376 e. The standard InChI is InChI=1S/C15H19F4NO/c1-2-20-14(13-5-3-4-8-21-13)10-6-7-12(16)11(9-10)15(17,18)19/h6-7,9,13-14,20H,2-5,8H2,1H3. The van der Waals surface area contributed by atoms with Crippen LogP contribution in [0.15, 0.2) is 18.2 Å². The summed E-state index contributed by atoms with van der Waals surface area (Å²) in [5.74, 6) is -1.24. The maximum Gasteiger partial charge on any atom is 0.419 e. The van der Waals surface area contributed by atoms with Crippen LogP contribution in [0.3, 0.4) is 0 Å². The third kappa shape index (κ3) is 3.95. The van der Waals surface area contributed by atoms with Gasteiger partial charge in [-0.1, -0.05) is 13.0 Å². The molecular formula is C15H19F4NO. The average Bonchev–Trinajstić information content (AvgIpc) is 2.45. The van der Waals surface area contributed by atoms with Crippen molar-refractivity contribution in [3.63, 3.8) is 0 Å². The average molecular weight is 305 g/mol. The highest BCUT2D eigenvalue weighted by Gasteiger charge is 2.35. The molecule has 2 nitrogen and oxygen atoms in total. The lowest BCUT2D eigenvalue weighted by Crippen LogP contribution is -2.36. The fourth-order valence-electron chi connectivity index (χ4n) is 2.67. The summed E-state index contributed by atoms with van der Waals surface area (Å²) in [6.07, 6.45) is -2.13. The molecule has 0 aromatic heterocycles. The Morgan fingerprint density at radius 1 is 1.33 bits per heavy atom. The van der Waals surface area contributed by atoms with Crippen molar-refractivity contribution in [3.05, 3.63) is 35.1 Å². The number of benzene rings is 1. The zero-order chi connectivity index (χ0) is 15.5. The van der Waals surface area contributed by atoms with Crippen molar-refractivity contribution in [1.29, 1.82) is 0 Å². The Morgan fingerprint density at radius 3 is 2.67 bits per heavy atom. The van der Waals surface area contributed by atoms with E-state index in [0.717, 1.165) is 31.4 Å². The normalized spacial score (nSPS) is 21.3. The molecule has 0 amide bonds. The third-order valence-corrected chi connectivity index (χ3v) is 3.67. The Kier molecular flexibility index (Phi) is 5.22. The molecule has 2 rings (SSSR count). The maximum absolute atomic E-state index is 13.4. The van der Waals surface area contributed by atoms with Crippen LogP contribution < -0.4 is 5.32 Å². The number of ether oxygens (including phenoxy) is 1. The molecule has 21 heavy (non-hydrogen) atoms. The van der Waals surface area contributed by atoms with Gasteiger partial charge in [-0.2, -0.15) is 13.2 Å². The first-order valence-electron chi connectivity index (χ1n) is 7.15. The highest BCUT2D eigenvalue weighted by Crippen LogP contribution is 2.34. The van der Waals surface area contributed by atoms with Crippen molar-refractivity contribution in [1.82, 2.24) is 5.32 Å². The lowest BCUT2D eigenvalue weighted by atomic mass is 9.94. The molecule has 118 valence electrons. The Bertz CT molecular complexity index is 469. The summed E-state index contributed by atoms with van der Waals surface area (Å²) < 4.78 is 57.5. The summed E-state index contributed by atoms with van der Waals surface area (Å²) in [7, 11) is 0. The SMILES string of the molecule is CCNC(c1ccc(F)c(C(F)(F)F)c1)C1CCCCO1. The fraction of sp³-hybridized carbons (Fsp3) is 0.600. The van der Waals surface area contributed by atoms with Crippen LogP contribution in [0.5, 0.6) is 0 Å². The molecule has 1 fully saturated rings. The molecule has 0 spiro atoms. The number of halogens is 4. The van der Waals surface area contributed by atoms with Crippen molar-refractivity contribution in [2.45, 2.75) is 44.5 Å². The predicted molar refractivity (Wildman–Crippen MR) is 71.4 cm³/mol. The molecule has 1 aliphatic rings. The largest absolute Gasteiger partial charge is 0.419 e. The van der Waals surface area contributed by atoms with E-state index >= 15 is 0 Å². The second-order valence-corrected chi connectivity index (χ2v) is 5.18. The number of alkyl halides is 3. The minimum atomic E-state index is -4.69. The van der Waals surface area contributed by atoms with Crippen LogP contribution in [-0.4, -0.2) is 19.3 Å². The van der Waals surface area contributed by atoms with Crippen LogP contribution in [0.25, 0.3) is 0 Å². The first-order chi connectivity index (χ1) is 9.93. The second-order valence-electron chi connectivity index (χ2n) is 5.18. The van der Waals surface area contributed by atoms with Crippen LogP contribution in [0, 0.1) is 5.82 Å². The molecule has 1 N–H and O–H groups in total. The van der Waals surface area contributed by atoms with Gasteiger partial charge < -0.3 is 10.1 Å². The molecule has 2 atom stereocenters. The van der Waals surface area contributed by atoms with Gasteiger partial charge in [0.15, 0.2) is 0 Å². The van der Waals surface area contributed by atoms with Crippen molar-refractivity contribution >= 4 is 0 Å². The fourth-order valence-corrected chi connectivity index (χ4v) is 2.67. The van der Waals surface area contributed by atoms with Gasteiger partial charge in [-0.25, -0.2) is 4.39 Å². The van der Waals surface area contributed by atoms with E-state index in [1.165, 1.54) is 6.07 Å². The predicted octanol–water partition coefficient (Wildman–Crippen LogP) is 4.06. The van der Waals surface area contributed by atoms with Crippen molar-refractivity contribution < 1.29 is 22.3 Å². The minimum absolute atomic E-state index is 0.176. The van der Waals surface area contributed by atoms with Crippen molar-refractivity contribution in [2.75, 3.05) is 13.2 Å². The zero-order valence-corrected chi connectivity index (χ0v) is 11.8. The molecule has 1 heterocycles. The quantitative estimate of drug-likeness (QED) is 0.847. The molecule has 1 saturated heterocycles. The summed E-state index contributed by atoms with van der Waals surface area (Å²) >= 11 is 0. The molecule has 2 unspecified atom stereocenters. The molecule has 0 bridgehead atoms. The molecule has 0 saturated carbocycles. The topological polar surface area (TPSA) is 21.3 Å². The van der Waals surface area contributed by atoms with Crippen LogP contribution >= 0.6 is 0 Å². The van der Waals surface area contributed by atoms with Gasteiger partial charge in [-0.05, 0) is 43.5 Å². The third-order valence-electron chi connectivity index (χ3n) is 3.67. The van der Waals surface area contributed by atoms with E-state index in [-0.39, 0.29) is 12.1 Å². The van der Waals surface area contributed by atoms with Crippen molar-refractivity contribution in [3.8, 4) is 0 Å². The van der Waals surface area contributed by atoms with E-state index in [1.807, 2.05) is 6.92 Å². The molecular weight excluding hydrogens is 286 g/mol. The summed E-state index contributed by atoms with van der Waals surface area (Å²) in [5.41, 5.74) is -0.809. The molecule has 1 aliphatic heterocycles. The van der Waals surface area contributed by atoms with E-state index in [0.29, 0.717) is 18.7 Å². The Balaban J connectivity index is 2.31. The van der Waals surface area contributed by atoms with Crippen LogP contribution in [0.1, 0.15) is 43.4 Å². The van der Waals surface area contributed by atoms with E-state index < -0.39 is 17.6 Å². The summed E-state index contributed by atoms with van der Waals surface area (Å²) in [6, 6.07) is 2.82. The van der Waals surface area contributed by atoms with Gasteiger partial charge in [0, 0.05) is 6.61 Å². The van der Waals surface area contributed by atoms with Gasteiger partial charge in [0.25, 0.3) is 0 Å². The highest BCUT2D eigenvalue weighted by molar-refractivity contribution is 5.30. The molecule has 0 aliphatic carbocycles. The van der Waals surface area contributed by atoms with Gasteiger partial charge in [0.1, 0.15) is 5.82 Å². The molecule has 1 aromatic carbocycles. The first kappa shape index (κ1) is 16.2.